The summed E-state index contributed by atoms with van der Waals surface area (Å²) in [5.74, 6) is 0.313. The molecule has 1 aliphatic rings. The van der Waals surface area contributed by atoms with Gasteiger partial charge >= 0.3 is 0 Å². The molecule has 1 aliphatic heterocycles. The minimum absolute atomic E-state index is 0.136. The summed E-state index contributed by atoms with van der Waals surface area (Å²) < 4.78 is 24.6. The number of fused-ring (bicyclic) bond motifs is 1. The van der Waals surface area contributed by atoms with Gasteiger partial charge in [-0.2, -0.15) is 0 Å². The van der Waals surface area contributed by atoms with Gasteiger partial charge in [-0.25, -0.2) is 9.37 Å². The molecule has 0 aliphatic carbocycles. The molecule has 0 saturated carbocycles. The van der Waals surface area contributed by atoms with Crippen molar-refractivity contribution < 1.29 is 23.5 Å². The number of amides is 1. The van der Waals surface area contributed by atoms with Crippen LogP contribution in [0.25, 0.3) is 33.6 Å². The number of carbonyl (C=O) groups is 2. The molecule has 0 saturated heterocycles. The van der Waals surface area contributed by atoms with E-state index in [9.17, 15) is 14.0 Å². The van der Waals surface area contributed by atoms with E-state index in [-0.39, 0.29) is 30.7 Å². The van der Waals surface area contributed by atoms with Gasteiger partial charge in [0.2, 0.25) is 0 Å². The van der Waals surface area contributed by atoms with E-state index in [1.54, 1.807) is 49.6 Å². The van der Waals surface area contributed by atoms with E-state index >= 15 is 0 Å². The van der Waals surface area contributed by atoms with Crippen molar-refractivity contribution in [1.82, 2.24) is 4.98 Å². The van der Waals surface area contributed by atoms with Crippen LogP contribution in [0.2, 0.25) is 0 Å². The first kappa shape index (κ1) is 26.9. The molecule has 1 amide bonds. The molecule has 0 bridgehead atoms. The number of aromatic nitrogens is 1. The van der Waals surface area contributed by atoms with Gasteiger partial charge in [-0.3, -0.25) is 14.5 Å². The van der Waals surface area contributed by atoms with Crippen LogP contribution in [-0.4, -0.2) is 36.9 Å². The smallest absolute Gasteiger partial charge is 0.265 e. The Kier molecular flexibility index (Phi) is 7.23. The van der Waals surface area contributed by atoms with Crippen LogP contribution in [0.3, 0.4) is 0 Å². The largest absolute Gasteiger partial charge is 0.497 e. The molecule has 5 aromatic rings. The maximum atomic E-state index is 13.7. The van der Waals surface area contributed by atoms with Crippen molar-refractivity contribution in [2.24, 2.45) is 0 Å². The first-order chi connectivity index (χ1) is 20.4. The lowest BCUT2D eigenvalue weighted by atomic mass is 9.99. The Labute approximate surface area is 243 Å². The number of pyridine rings is 1. The van der Waals surface area contributed by atoms with Gasteiger partial charge in [-0.1, -0.05) is 29.8 Å². The summed E-state index contributed by atoms with van der Waals surface area (Å²) in [6, 6.07) is 30.7. The lowest BCUT2D eigenvalue weighted by Gasteiger charge is -2.29. The first-order valence-electron chi connectivity index (χ1n) is 13.5. The standard InChI is InChI=1S/C35H27FN2O4/c1-22-3-5-23(6-4-22)27-17-30(24-7-12-28(36)13-8-24)37-31(18-27)26-11-16-34-32(19-26)38(35(40)21-42-34)20-33(39)25-9-14-29(41-2)15-10-25/h3-19H,20-21H2,1-2H3. The molecule has 2 heterocycles. The maximum absolute atomic E-state index is 13.7. The summed E-state index contributed by atoms with van der Waals surface area (Å²) in [7, 11) is 1.56. The zero-order chi connectivity index (χ0) is 29.2. The number of nitrogens with zero attached hydrogens (tertiary/aromatic N) is 2. The Hall–Kier alpha value is -5.30. The van der Waals surface area contributed by atoms with Crippen LogP contribution >= 0.6 is 0 Å². The SMILES string of the molecule is COc1ccc(C(=O)CN2C(=O)COc3ccc(-c4cc(-c5ccc(C)cc5)cc(-c5ccc(F)cc5)n4)cc32)cc1. The maximum Gasteiger partial charge on any atom is 0.265 e. The van der Waals surface area contributed by atoms with Crippen molar-refractivity contribution in [2.45, 2.75) is 6.92 Å². The Morgan fingerprint density at radius 1 is 0.833 bits per heavy atom. The predicted octanol–water partition coefficient (Wildman–Crippen LogP) is 7.15. The quantitative estimate of drug-likeness (QED) is 0.199. The van der Waals surface area contributed by atoms with E-state index in [1.165, 1.54) is 17.0 Å². The molecule has 208 valence electrons. The van der Waals surface area contributed by atoms with Crippen LogP contribution in [-0.2, 0) is 4.79 Å². The Morgan fingerprint density at radius 3 is 2.17 bits per heavy atom. The fraction of sp³-hybridized carbons (Fsp3) is 0.114. The number of ketones is 1. The van der Waals surface area contributed by atoms with Gasteiger partial charge in [-0.05, 0) is 96.9 Å². The summed E-state index contributed by atoms with van der Waals surface area (Å²) in [5, 5.41) is 0. The molecule has 7 heteroatoms. The van der Waals surface area contributed by atoms with Crippen molar-refractivity contribution in [3.8, 4) is 45.1 Å². The topological polar surface area (TPSA) is 68.7 Å². The van der Waals surface area contributed by atoms with Crippen LogP contribution in [0.1, 0.15) is 15.9 Å². The third kappa shape index (κ3) is 5.49. The predicted molar refractivity (Wildman–Crippen MR) is 160 cm³/mol. The van der Waals surface area contributed by atoms with E-state index in [0.717, 1.165) is 27.8 Å². The van der Waals surface area contributed by atoms with Crippen LogP contribution < -0.4 is 14.4 Å². The van der Waals surface area contributed by atoms with Gasteiger partial charge < -0.3 is 9.47 Å². The van der Waals surface area contributed by atoms with Crippen LogP contribution in [0.4, 0.5) is 10.1 Å². The van der Waals surface area contributed by atoms with E-state index in [2.05, 4.69) is 12.1 Å². The molecule has 0 unspecified atom stereocenters. The highest BCUT2D eigenvalue weighted by Crippen LogP contribution is 2.38. The van der Waals surface area contributed by atoms with E-state index in [4.69, 9.17) is 14.5 Å². The highest BCUT2D eigenvalue weighted by molar-refractivity contribution is 6.07. The van der Waals surface area contributed by atoms with E-state index < -0.39 is 0 Å². The van der Waals surface area contributed by atoms with Gasteiger partial charge in [0.05, 0.1) is 30.7 Å². The zero-order valence-electron chi connectivity index (χ0n) is 23.1. The summed E-state index contributed by atoms with van der Waals surface area (Å²) in [6.45, 7) is 1.74. The summed E-state index contributed by atoms with van der Waals surface area (Å²) in [4.78, 5) is 32.5. The van der Waals surface area contributed by atoms with E-state index in [1.807, 2.05) is 43.3 Å². The number of halogens is 1. The van der Waals surface area contributed by atoms with Gasteiger partial charge in [0.15, 0.2) is 12.4 Å². The molecule has 0 atom stereocenters. The summed E-state index contributed by atoms with van der Waals surface area (Å²) in [6.07, 6.45) is 0. The molecular formula is C35H27FN2O4. The molecule has 6 nitrogen and oxygen atoms in total. The Morgan fingerprint density at radius 2 is 1.48 bits per heavy atom. The molecule has 1 aromatic heterocycles. The number of methoxy groups -OCH3 is 1. The fourth-order valence-electron chi connectivity index (χ4n) is 4.91. The third-order valence-electron chi connectivity index (χ3n) is 7.26. The van der Waals surface area contributed by atoms with Gasteiger partial charge in [0.25, 0.3) is 5.91 Å². The third-order valence-corrected chi connectivity index (χ3v) is 7.26. The van der Waals surface area contributed by atoms with E-state index in [0.29, 0.717) is 34.1 Å². The number of aryl methyl sites for hydroxylation is 1. The second kappa shape index (κ2) is 11.3. The molecule has 42 heavy (non-hydrogen) atoms. The van der Waals surface area contributed by atoms with Crippen molar-refractivity contribution in [1.29, 1.82) is 0 Å². The molecule has 0 spiro atoms. The van der Waals surface area contributed by atoms with Gasteiger partial charge in [0.1, 0.15) is 17.3 Å². The van der Waals surface area contributed by atoms with Crippen LogP contribution in [0.15, 0.2) is 103 Å². The number of carbonyl (C=O) groups excluding carboxylic acids is 2. The van der Waals surface area contributed by atoms with Crippen molar-refractivity contribution in [2.75, 3.05) is 25.2 Å². The lowest BCUT2D eigenvalue weighted by Crippen LogP contribution is -2.42. The van der Waals surface area contributed by atoms with Crippen molar-refractivity contribution >= 4 is 17.4 Å². The molecule has 0 fully saturated rings. The lowest BCUT2D eigenvalue weighted by molar-refractivity contribution is -0.121. The normalized spacial score (nSPS) is 12.5. The average Bonchev–Trinajstić information content (AvgIpc) is 3.02. The number of anilines is 1. The molecule has 6 rings (SSSR count). The summed E-state index contributed by atoms with van der Waals surface area (Å²) >= 11 is 0. The molecular weight excluding hydrogens is 531 g/mol. The van der Waals surface area contributed by atoms with Gasteiger partial charge in [-0.15, -0.1) is 0 Å². The second-order valence-corrected chi connectivity index (χ2v) is 10.1. The number of ether oxygens (including phenoxy) is 2. The second-order valence-electron chi connectivity index (χ2n) is 10.1. The first-order valence-corrected chi connectivity index (χ1v) is 13.5. The number of benzene rings is 4. The molecule has 0 radical (unpaired) electrons. The molecule has 0 N–H and O–H groups in total. The highest BCUT2D eigenvalue weighted by Gasteiger charge is 2.28. The van der Waals surface area contributed by atoms with Crippen molar-refractivity contribution in [3.05, 3.63) is 120 Å². The Balaban J connectivity index is 1.40. The van der Waals surface area contributed by atoms with Crippen LogP contribution in [0, 0.1) is 12.7 Å². The highest BCUT2D eigenvalue weighted by atomic mass is 19.1. The number of Topliss-reactive ketones (excluding diaryl/α,β-unsaturated/α-hetero) is 1. The fourth-order valence-corrected chi connectivity index (χ4v) is 4.91. The zero-order valence-corrected chi connectivity index (χ0v) is 23.1. The summed E-state index contributed by atoms with van der Waals surface area (Å²) in [5.41, 5.74) is 6.93. The van der Waals surface area contributed by atoms with Crippen molar-refractivity contribution in [3.63, 3.8) is 0 Å². The minimum Gasteiger partial charge on any atom is -0.497 e. The molecule has 4 aromatic carbocycles. The monoisotopic (exact) mass is 558 g/mol. The average molecular weight is 559 g/mol. The van der Waals surface area contributed by atoms with Crippen LogP contribution in [0.5, 0.6) is 11.5 Å². The number of hydrogen-bond donors (Lipinski definition) is 0. The number of rotatable bonds is 7. The number of hydrogen-bond acceptors (Lipinski definition) is 5. The van der Waals surface area contributed by atoms with Gasteiger partial charge in [0, 0.05) is 16.7 Å². The Bertz CT molecular complexity index is 1720. The minimum atomic E-state index is -0.322.